The van der Waals surface area contributed by atoms with Crippen LogP contribution in [0.4, 0.5) is 0 Å². The number of carbonyl (C=O) groups is 1. The van der Waals surface area contributed by atoms with Crippen molar-refractivity contribution in [3.05, 3.63) is 47.5 Å². The van der Waals surface area contributed by atoms with Crippen LogP contribution in [0.25, 0.3) is 11.1 Å². The molecule has 1 aliphatic carbocycles. The van der Waals surface area contributed by atoms with Gasteiger partial charge in [0.05, 0.1) is 13.2 Å². The summed E-state index contributed by atoms with van der Waals surface area (Å²) >= 11 is 0. The predicted molar refractivity (Wildman–Crippen MR) is 133 cm³/mol. The molecule has 0 heterocycles. The SMILES string of the molecule is CCCCCCCCOc1ccc2c(c1)C(=O)c1cc(OCCCCCCCC)ccc1-2. The molecule has 32 heavy (non-hydrogen) atoms. The van der Waals surface area contributed by atoms with Crippen molar-refractivity contribution in [2.75, 3.05) is 13.2 Å². The molecule has 2 aromatic rings. The van der Waals surface area contributed by atoms with Gasteiger partial charge in [-0.1, -0.05) is 78.1 Å². The van der Waals surface area contributed by atoms with Crippen LogP contribution in [-0.4, -0.2) is 19.0 Å². The third kappa shape index (κ3) is 6.85. The predicted octanol–water partition coefficient (Wildman–Crippen LogP) is 8.38. The maximum atomic E-state index is 13.0. The fraction of sp³-hybridized carbons (Fsp3) is 0.552. The minimum Gasteiger partial charge on any atom is -0.494 e. The highest BCUT2D eigenvalue weighted by molar-refractivity contribution is 6.22. The zero-order valence-electron chi connectivity index (χ0n) is 20.1. The van der Waals surface area contributed by atoms with Crippen molar-refractivity contribution < 1.29 is 14.3 Å². The maximum absolute atomic E-state index is 13.0. The minimum atomic E-state index is 0.0741. The van der Waals surface area contributed by atoms with Crippen molar-refractivity contribution in [1.29, 1.82) is 0 Å². The Morgan fingerprint density at radius 1 is 0.531 bits per heavy atom. The summed E-state index contributed by atoms with van der Waals surface area (Å²) in [7, 11) is 0. The van der Waals surface area contributed by atoms with Gasteiger partial charge in [-0.15, -0.1) is 0 Å². The van der Waals surface area contributed by atoms with E-state index in [0.717, 1.165) is 46.6 Å². The average Bonchev–Trinajstić information content (AvgIpc) is 3.09. The second-order valence-corrected chi connectivity index (χ2v) is 8.98. The lowest BCUT2D eigenvalue weighted by atomic mass is 10.1. The summed E-state index contributed by atoms with van der Waals surface area (Å²) in [6.07, 6.45) is 14.9. The van der Waals surface area contributed by atoms with Crippen LogP contribution in [0, 0.1) is 0 Å². The molecular weight excluding hydrogens is 396 g/mol. The highest BCUT2D eigenvalue weighted by Gasteiger charge is 2.27. The Balaban J connectivity index is 1.49. The highest BCUT2D eigenvalue weighted by Crippen LogP contribution is 2.40. The topological polar surface area (TPSA) is 35.5 Å². The van der Waals surface area contributed by atoms with Gasteiger partial charge in [0.1, 0.15) is 11.5 Å². The van der Waals surface area contributed by atoms with Crippen LogP contribution < -0.4 is 9.47 Å². The number of hydrogen-bond donors (Lipinski definition) is 0. The molecule has 3 nitrogen and oxygen atoms in total. The summed E-state index contributed by atoms with van der Waals surface area (Å²) in [4.78, 5) is 13.0. The molecule has 174 valence electrons. The molecular formula is C29H40O3. The van der Waals surface area contributed by atoms with Gasteiger partial charge in [0.2, 0.25) is 0 Å². The summed E-state index contributed by atoms with van der Waals surface area (Å²) in [5.74, 6) is 1.65. The first kappa shape index (κ1) is 24.4. The lowest BCUT2D eigenvalue weighted by Gasteiger charge is -2.08. The van der Waals surface area contributed by atoms with Crippen molar-refractivity contribution in [3.8, 4) is 22.6 Å². The molecule has 3 rings (SSSR count). The fourth-order valence-electron chi connectivity index (χ4n) is 4.36. The summed E-state index contributed by atoms with van der Waals surface area (Å²) < 4.78 is 11.9. The molecule has 0 amide bonds. The monoisotopic (exact) mass is 436 g/mol. The van der Waals surface area contributed by atoms with Gasteiger partial charge in [-0.05, 0) is 60.4 Å². The van der Waals surface area contributed by atoms with Crippen molar-refractivity contribution in [2.24, 2.45) is 0 Å². The first-order valence-electron chi connectivity index (χ1n) is 12.8. The lowest BCUT2D eigenvalue weighted by Crippen LogP contribution is -2.01. The van der Waals surface area contributed by atoms with Gasteiger partial charge in [-0.25, -0.2) is 0 Å². The van der Waals surface area contributed by atoms with E-state index >= 15 is 0 Å². The summed E-state index contributed by atoms with van der Waals surface area (Å²) in [6, 6.07) is 11.8. The molecule has 0 saturated carbocycles. The number of hydrogen-bond acceptors (Lipinski definition) is 3. The van der Waals surface area contributed by atoms with E-state index in [1.807, 2.05) is 36.4 Å². The van der Waals surface area contributed by atoms with Crippen molar-refractivity contribution in [1.82, 2.24) is 0 Å². The average molecular weight is 437 g/mol. The number of rotatable bonds is 16. The van der Waals surface area contributed by atoms with Gasteiger partial charge in [0.25, 0.3) is 0 Å². The zero-order valence-corrected chi connectivity index (χ0v) is 20.1. The summed E-state index contributed by atoms with van der Waals surface area (Å²) in [6.45, 7) is 5.90. The molecule has 0 N–H and O–H groups in total. The zero-order chi connectivity index (χ0) is 22.6. The summed E-state index contributed by atoms with van der Waals surface area (Å²) in [5.41, 5.74) is 3.49. The van der Waals surface area contributed by atoms with E-state index in [1.165, 1.54) is 64.2 Å². The van der Waals surface area contributed by atoms with Gasteiger partial charge in [-0.2, -0.15) is 0 Å². The van der Waals surface area contributed by atoms with Gasteiger partial charge < -0.3 is 9.47 Å². The molecule has 0 unspecified atom stereocenters. The van der Waals surface area contributed by atoms with Crippen LogP contribution in [0.2, 0.25) is 0 Å². The highest BCUT2D eigenvalue weighted by atomic mass is 16.5. The standard InChI is InChI=1S/C29H40O3/c1-3-5-7-9-11-13-19-31-23-15-17-25-26-18-16-24(22-28(26)29(30)27(25)21-23)32-20-14-12-10-8-6-4-2/h15-18,21-22H,3-14,19-20H2,1-2H3. The second-order valence-electron chi connectivity index (χ2n) is 8.98. The Morgan fingerprint density at radius 3 is 1.38 bits per heavy atom. The Labute approximate surface area is 194 Å². The third-order valence-corrected chi connectivity index (χ3v) is 6.29. The summed E-state index contributed by atoms with van der Waals surface area (Å²) in [5, 5.41) is 0. The van der Waals surface area contributed by atoms with E-state index in [4.69, 9.17) is 9.47 Å². The molecule has 0 radical (unpaired) electrons. The van der Waals surface area contributed by atoms with Crippen molar-refractivity contribution >= 4 is 5.78 Å². The van der Waals surface area contributed by atoms with E-state index in [-0.39, 0.29) is 5.78 Å². The number of ketones is 1. The van der Waals surface area contributed by atoms with Crippen molar-refractivity contribution in [3.63, 3.8) is 0 Å². The molecule has 3 heteroatoms. The van der Waals surface area contributed by atoms with E-state index in [1.54, 1.807) is 0 Å². The fourth-order valence-corrected chi connectivity index (χ4v) is 4.36. The van der Waals surface area contributed by atoms with Crippen LogP contribution >= 0.6 is 0 Å². The Bertz CT molecular complexity index is 786. The molecule has 0 fully saturated rings. The Hall–Kier alpha value is -2.29. The van der Waals surface area contributed by atoms with Gasteiger partial charge in [-0.3, -0.25) is 4.79 Å². The van der Waals surface area contributed by atoms with Gasteiger partial charge >= 0.3 is 0 Å². The molecule has 0 bridgehead atoms. The second kappa shape index (κ2) is 13.3. The van der Waals surface area contributed by atoms with Gasteiger partial charge in [0, 0.05) is 11.1 Å². The van der Waals surface area contributed by atoms with Crippen LogP contribution in [0.1, 0.15) is 107 Å². The largest absolute Gasteiger partial charge is 0.494 e. The molecule has 0 spiro atoms. The number of carbonyl (C=O) groups excluding carboxylic acids is 1. The van der Waals surface area contributed by atoms with E-state index in [2.05, 4.69) is 13.8 Å². The lowest BCUT2D eigenvalue weighted by molar-refractivity contribution is 0.104. The van der Waals surface area contributed by atoms with Crippen LogP contribution in [0.3, 0.4) is 0 Å². The first-order chi connectivity index (χ1) is 15.7. The van der Waals surface area contributed by atoms with E-state index < -0.39 is 0 Å². The smallest absolute Gasteiger partial charge is 0.194 e. The minimum absolute atomic E-state index is 0.0741. The molecule has 0 aromatic heterocycles. The quantitative estimate of drug-likeness (QED) is 0.212. The molecule has 0 saturated heterocycles. The number of ether oxygens (including phenoxy) is 2. The Morgan fingerprint density at radius 2 is 0.938 bits per heavy atom. The van der Waals surface area contributed by atoms with Crippen LogP contribution in [0.15, 0.2) is 36.4 Å². The Kier molecular flexibility index (Phi) is 10.1. The van der Waals surface area contributed by atoms with Gasteiger partial charge in [0.15, 0.2) is 5.78 Å². The molecule has 2 aromatic carbocycles. The number of unbranched alkanes of at least 4 members (excludes halogenated alkanes) is 10. The van der Waals surface area contributed by atoms with Crippen molar-refractivity contribution in [2.45, 2.75) is 90.9 Å². The maximum Gasteiger partial charge on any atom is 0.194 e. The van der Waals surface area contributed by atoms with Crippen LogP contribution in [-0.2, 0) is 0 Å². The molecule has 1 aliphatic rings. The molecule has 0 atom stereocenters. The molecule has 0 aliphatic heterocycles. The first-order valence-corrected chi connectivity index (χ1v) is 12.8. The number of benzene rings is 2. The van der Waals surface area contributed by atoms with E-state index in [0.29, 0.717) is 13.2 Å². The third-order valence-electron chi connectivity index (χ3n) is 6.29. The normalized spacial score (nSPS) is 12.0. The number of fused-ring (bicyclic) bond motifs is 3. The van der Waals surface area contributed by atoms with E-state index in [9.17, 15) is 4.79 Å². The van der Waals surface area contributed by atoms with Crippen LogP contribution in [0.5, 0.6) is 11.5 Å².